The standard InChI is InChI=1S/C31H35FN5O8P/c1-18(2)43-28(39)20(4)36-46(41,42-17-25-27(38)31(5,32)29(44-25)37-16-13-19(3)35-30(37)40)45-24-12-7-6-9-21(24)22-10-8-11-23-26(22)34-15-14-33-23/h6-16,18,20,25,27,29,38H,3,17H2,1-2,4-5H3,(H,35,40)(H,36,41)/t20-,25+,27+,29+,31+,46?/m0/s1. The highest BCUT2D eigenvalue weighted by atomic mass is 31.2. The van der Waals surface area contributed by atoms with E-state index in [4.69, 9.17) is 18.5 Å². The van der Waals surface area contributed by atoms with E-state index in [-0.39, 0.29) is 5.75 Å². The van der Waals surface area contributed by atoms with Crippen LogP contribution in [0.15, 0.2) is 79.4 Å². The van der Waals surface area contributed by atoms with Gasteiger partial charge in [0.15, 0.2) is 11.9 Å². The molecular formula is C31H35FN5O8P. The zero-order valence-electron chi connectivity index (χ0n) is 25.6. The fraction of sp³-hybridized carbons (Fsp3) is 0.355. The van der Waals surface area contributed by atoms with Gasteiger partial charge in [0.2, 0.25) is 0 Å². The second-order valence-electron chi connectivity index (χ2n) is 11.2. The second kappa shape index (κ2) is 13.3. The Balaban J connectivity index is 1.44. The SMILES string of the molecule is C=C1C=CN([C@@H]2O[C@H](COP(=O)(N[C@@H](C)C(=O)OC(C)C)Oc3ccccc3-c3cccc4nccnc34)[C@@H](O)[C@@]2(C)F)C(=O)N1. The van der Waals surface area contributed by atoms with Crippen LogP contribution in [0.3, 0.4) is 0 Å². The minimum Gasteiger partial charge on any atom is -0.462 e. The molecule has 1 saturated heterocycles. The van der Waals surface area contributed by atoms with E-state index < -0.39 is 62.6 Å². The Labute approximate surface area is 265 Å². The van der Waals surface area contributed by atoms with Gasteiger partial charge in [-0.25, -0.2) is 13.8 Å². The van der Waals surface area contributed by atoms with Crippen molar-refractivity contribution in [2.45, 2.75) is 63.9 Å². The zero-order chi connectivity index (χ0) is 33.2. The number of ether oxygens (including phenoxy) is 2. The Morgan fingerprint density at radius 2 is 1.91 bits per heavy atom. The summed E-state index contributed by atoms with van der Waals surface area (Å²) in [4.78, 5) is 34.9. The number of carbonyl (C=O) groups excluding carboxylic acids is 2. The summed E-state index contributed by atoms with van der Waals surface area (Å²) >= 11 is 0. The Kier molecular flexibility index (Phi) is 9.57. The maximum atomic E-state index is 15.8. The van der Waals surface area contributed by atoms with Gasteiger partial charge in [-0.3, -0.25) is 24.2 Å². The lowest BCUT2D eigenvalue weighted by atomic mass is 9.98. The number of hydrogen-bond acceptors (Lipinski definition) is 10. The predicted molar refractivity (Wildman–Crippen MR) is 166 cm³/mol. The fourth-order valence-electron chi connectivity index (χ4n) is 5.01. The van der Waals surface area contributed by atoms with Gasteiger partial charge in [0.25, 0.3) is 0 Å². The highest BCUT2D eigenvalue weighted by Crippen LogP contribution is 2.49. The van der Waals surface area contributed by atoms with E-state index >= 15 is 4.39 Å². The van der Waals surface area contributed by atoms with E-state index in [0.717, 1.165) is 11.8 Å². The molecule has 2 aliphatic rings. The normalized spacial score (nSPS) is 24.9. The molecule has 0 spiro atoms. The number of alkyl halides is 1. The quantitative estimate of drug-likeness (QED) is 0.196. The molecule has 2 aromatic carbocycles. The summed E-state index contributed by atoms with van der Waals surface area (Å²) in [7, 11) is -4.51. The van der Waals surface area contributed by atoms with Gasteiger partial charge in [0, 0.05) is 35.4 Å². The Bertz CT molecular complexity index is 1710. The number of aliphatic hydroxyl groups is 1. The molecule has 2 amide bonds. The molecule has 3 N–H and O–H groups in total. The molecule has 0 bridgehead atoms. The summed E-state index contributed by atoms with van der Waals surface area (Å²) in [5, 5.41) is 15.9. The number of urea groups is 1. The minimum absolute atomic E-state index is 0.109. The van der Waals surface area contributed by atoms with Crippen LogP contribution in [0, 0.1) is 0 Å². The monoisotopic (exact) mass is 655 g/mol. The van der Waals surface area contributed by atoms with Crippen LogP contribution < -0.4 is 14.9 Å². The number of amides is 2. The maximum absolute atomic E-state index is 15.8. The first-order valence-electron chi connectivity index (χ1n) is 14.5. The van der Waals surface area contributed by atoms with Gasteiger partial charge >= 0.3 is 19.7 Å². The lowest BCUT2D eigenvalue weighted by molar-refractivity contribution is -0.149. The minimum atomic E-state index is -4.51. The Hall–Kier alpha value is -4.20. The van der Waals surface area contributed by atoms with Crippen LogP contribution in [0.1, 0.15) is 27.7 Å². The molecule has 0 aliphatic carbocycles. The van der Waals surface area contributed by atoms with Crippen LogP contribution in [-0.4, -0.2) is 74.8 Å². The number of nitrogens with one attached hydrogen (secondary N) is 2. The Morgan fingerprint density at radius 1 is 1.20 bits per heavy atom. The lowest BCUT2D eigenvalue weighted by Gasteiger charge is -2.33. The summed E-state index contributed by atoms with van der Waals surface area (Å²) in [6.45, 7) is 8.81. The molecular weight excluding hydrogens is 620 g/mol. The van der Waals surface area contributed by atoms with E-state index in [1.54, 1.807) is 68.7 Å². The van der Waals surface area contributed by atoms with Crippen LogP contribution in [0.2, 0.25) is 0 Å². The average Bonchev–Trinajstić information content (AvgIpc) is 3.23. The summed E-state index contributed by atoms with van der Waals surface area (Å²) in [5.74, 6) is -0.615. The topological polar surface area (TPSA) is 161 Å². The van der Waals surface area contributed by atoms with Crippen molar-refractivity contribution >= 4 is 30.8 Å². The number of esters is 1. The van der Waals surface area contributed by atoms with Gasteiger partial charge in [0.1, 0.15) is 24.0 Å². The fourth-order valence-corrected chi connectivity index (χ4v) is 6.53. The van der Waals surface area contributed by atoms with Crippen molar-refractivity contribution in [1.29, 1.82) is 0 Å². The number of allylic oxidation sites excluding steroid dienone is 1. The molecule has 3 heterocycles. The van der Waals surface area contributed by atoms with E-state index in [1.807, 2.05) is 0 Å². The molecule has 13 nitrogen and oxygen atoms in total. The van der Waals surface area contributed by atoms with Gasteiger partial charge in [-0.1, -0.05) is 36.9 Å². The van der Waals surface area contributed by atoms with Gasteiger partial charge in [-0.05, 0) is 45.9 Å². The van der Waals surface area contributed by atoms with Crippen LogP contribution in [0.25, 0.3) is 22.2 Å². The van der Waals surface area contributed by atoms with E-state index in [9.17, 15) is 19.3 Å². The molecule has 1 fully saturated rings. The molecule has 46 heavy (non-hydrogen) atoms. The Morgan fingerprint density at radius 3 is 2.65 bits per heavy atom. The zero-order valence-corrected chi connectivity index (χ0v) is 26.5. The maximum Gasteiger partial charge on any atom is 0.459 e. The van der Waals surface area contributed by atoms with Crippen molar-refractivity contribution in [3.05, 3.63) is 79.4 Å². The lowest BCUT2D eigenvalue weighted by Crippen LogP contribution is -2.53. The van der Waals surface area contributed by atoms with Gasteiger partial charge in [0.05, 0.1) is 23.7 Å². The van der Waals surface area contributed by atoms with Crippen molar-refractivity contribution in [3.63, 3.8) is 0 Å². The first-order chi connectivity index (χ1) is 21.8. The predicted octanol–water partition coefficient (Wildman–Crippen LogP) is 4.60. The molecule has 6 atom stereocenters. The number of benzene rings is 2. The van der Waals surface area contributed by atoms with Gasteiger partial charge in [-0.15, -0.1) is 0 Å². The molecule has 1 unspecified atom stereocenters. The summed E-state index contributed by atoms with van der Waals surface area (Å²) < 4.78 is 53.0. The smallest absolute Gasteiger partial charge is 0.459 e. The van der Waals surface area contributed by atoms with Crippen LogP contribution in [0.4, 0.5) is 9.18 Å². The molecule has 3 aromatic rings. The van der Waals surface area contributed by atoms with E-state index in [2.05, 4.69) is 27.0 Å². The van der Waals surface area contributed by atoms with E-state index in [0.29, 0.717) is 27.9 Å². The van der Waals surface area contributed by atoms with Crippen molar-refractivity contribution < 1.29 is 42.2 Å². The molecule has 0 saturated carbocycles. The summed E-state index contributed by atoms with van der Waals surface area (Å²) in [6.07, 6.45) is 0.632. The third-order valence-electron chi connectivity index (χ3n) is 7.27. The number of nitrogens with zero attached hydrogens (tertiary/aromatic N) is 3. The number of carbonyl (C=O) groups is 2. The number of para-hydroxylation sites is 2. The van der Waals surface area contributed by atoms with Crippen molar-refractivity contribution in [2.75, 3.05) is 6.61 Å². The molecule has 1 aromatic heterocycles. The number of fused-ring (bicyclic) bond motifs is 1. The summed E-state index contributed by atoms with van der Waals surface area (Å²) in [5.41, 5.74) is 0.147. The van der Waals surface area contributed by atoms with E-state index in [1.165, 1.54) is 19.2 Å². The molecule has 2 aliphatic heterocycles. The van der Waals surface area contributed by atoms with Crippen LogP contribution >= 0.6 is 7.75 Å². The van der Waals surface area contributed by atoms with Gasteiger partial charge < -0.3 is 24.4 Å². The third-order valence-corrected chi connectivity index (χ3v) is 8.90. The molecule has 244 valence electrons. The average molecular weight is 656 g/mol. The first kappa shape index (κ1) is 33.2. The van der Waals surface area contributed by atoms with Crippen molar-refractivity contribution in [1.82, 2.24) is 25.3 Å². The molecule has 5 rings (SSSR count). The van der Waals surface area contributed by atoms with Crippen molar-refractivity contribution in [2.24, 2.45) is 0 Å². The number of aromatic nitrogens is 2. The largest absolute Gasteiger partial charge is 0.462 e. The first-order valence-corrected chi connectivity index (χ1v) is 16.0. The number of aliphatic hydroxyl groups excluding tert-OH is 1. The second-order valence-corrected chi connectivity index (χ2v) is 12.9. The molecule has 0 radical (unpaired) electrons. The highest BCUT2D eigenvalue weighted by Gasteiger charge is 2.57. The van der Waals surface area contributed by atoms with Crippen molar-refractivity contribution in [3.8, 4) is 16.9 Å². The summed E-state index contributed by atoms with van der Waals surface area (Å²) in [6, 6.07) is 10.2. The number of rotatable bonds is 11. The number of hydrogen-bond donors (Lipinski definition) is 3. The number of halogens is 1. The third kappa shape index (κ3) is 6.96. The van der Waals surface area contributed by atoms with Gasteiger partial charge in [-0.2, -0.15) is 5.09 Å². The highest BCUT2D eigenvalue weighted by molar-refractivity contribution is 7.52. The van der Waals surface area contributed by atoms with Crippen LogP contribution in [-0.2, 0) is 23.4 Å². The van der Waals surface area contributed by atoms with Crippen LogP contribution in [0.5, 0.6) is 5.75 Å². The molecule has 15 heteroatoms.